The van der Waals surface area contributed by atoms with Crippen molar-refractivity contribution >= 4 is 11.2 Å². The Kier molecular flexibility index (Phi) is 5.96. The van der Waals surface area contributed by atoms with Crippen LogP contribution in [0.1, 0.15) is 58.7 Å². The maximum atomic E-state index is 12.5. The lowest BCUT2D eigenvalue weighted by Gasteiger charge is -2.30. The van der Waals surface area contributed by atoms with Gasteiger partial charge >= 0.3 is 5.69 Å². The highest BCUT2D eigenvalue weighted by Gasteiger charge is 2.22. The van der Waals surface area contributed by atoms with Crippen molar-refractivity contribution in [1.82, 2.24) is 24.0 Å². The molecule has 2 aromatic rings. The largest absolute Gasteiger partial charge is 0.330 e. The molecule has 3 heterocycles. The zero-order valence-electron chi connectivity index (χ0n) is 16.3. The molecule has 0 unspecified atom stereocenters. The first-order chi connectivity index (χ1) is 12.5. The summed E-state index contributed by atoms with van der Waals surface area (Å²) in [4.78, 5) is 34.6. The van der Waals surface area contributed by atoms with Gasteiger partial charge < -0.3 is 4.57 Å². The molecule has 1 saturated heterocycles. The fraction of sp³-hybridized carbons (Fsp3) is 0.737. The first kappa shape index (κ1) is 18.9. The minimum Gasteiger partial charge on any atom is -0.321 e. The van der Waals surface area contributed by atoms with E-state index in [1.54, 1.807) is 4.57 Å². The van der Waals surface area contributed by atoms with Gasteiger partial charge in [-0.05, 0) is 38.1 Å². The van der Waals surface area contributed by atoms with Crippen molar-refractivity contribution in [2.24, 2.45) is 5.92 Å². The summed E-state index contributed by atoms with van der Waals surface area (Å²) >= 11 is 0. The third-order valence-corrected chi connectivity index (χ3v) is 5.25. The maximum Gasteiger partial charge on any atom is 0.330 e. The van der Waals surface area contributed by atoms with Crippen molar-refractivity contribution in [2.75, 3.05) is 13.1 Å². The molecule has 1 aliphatic rings. The Morgan fingerprint density at radius 2 is 1.96 bits per heavy atom. The Labute approximate surface area is 154 Å². The summed E-state index contributed by atoms with van der Waals surface area (Å²) in [5.41, 5.74) is 0.413. The zero-order chi connectivity index (χ0) is 18.7. The van der Waals surface area contributed by atoms with Crippen LogP contribution in [-0.2, 0) is 19.6 Å². The van der Waals surface area contributed by atoms with E-state index < -0.39 is 0 Å². The molecule has 144 valence electrons. The summed E-state index contributed by atoms with van der Waals surface area (Å²) < 4.78 is 3.66. The smallest absolute Gasteiger partial charge is 0.321 e. The Bertz CT molecular complexity index is 863. The number of imidazole rings is 1. The van der Waals surface area contributed by atoms with Crippen LogP contribution < -0.4 is 11.2 Å². The number of hydrogen-bond acceptors (Lipinski definition) is 4. The van der Waals surface area contributed by atoms with E-state index in [9.17, 15) is 9.59 Å². The number of aromatic nitrogens is 4. The number of hydrogen-bond donors (Lipinski definition) is 1. The lowest BCUT2D eigenvalue weighted by atomic mass is 10.0. The van der Waals surface area contributed by atoms with Crippen molar-refractivity contribution in [3.05, 3.63) is 26.7 Å². The Hall–Kier alpha value is -1.89. The average molecular weight is 361 g/mol. The minimum atomic E-state index is -0.352. The van der Waals surface area contributed by atoms with E-state index in [0.29, 0.717) is 23.6 Å². The summed E-state index contributed by atoms with van der Waals surface area (Å²) in [5.74, 6) is 1.59. The van der Waals surface area contributed by atoms with Gasteiger partial charge in [0.05, 0.1) is 6.54 Å². The number of likely N-dealkylation sites (tertiary alicyclic amines) is 1. The van der Waals surface area contributed by atoms with Crippen molar-refractivity contribution in [1.29, 1.82) is 0 Å². The van der Waals surface area contributed by atoms with E-state index in [1.165, 1.54) is 12.8 Å². The molecule has 7 nitrogen and oxygen atoms in total. The van der Waals surface area contributed by atoms with Crippen molar-refractivity contribution in [2.45, 2.75) is 72.5 Å². The van der Waals surface area contributed by atoms with Gasteiger partial charge in [0, 0.05) is 19.6 Å². The predicted octanol–water partition coefficient (Wildman–Crippen LogP) is 2.33. The molecule has 0 spiro atoms. The molecule has 1 N–H and O–H groups in total. The molecule has 1 atom stereocenters. The molecule has 0 saturated carbocycles. The molecule has 0 amide bonds. The van der Waals surface area contributed by atoms with Gasteiger partial charge in [0.2, 0.25) is 0 Å². The highest BCUT2D eigenvalue weighted by molar-refractivity contribution is 5.71. The number of aromatic amines is 1. The Morgan fingerprint density at radius 3 is 2.65 bits per heavy atom. The molecule has 0 aromatic carbocycles. The molecular weight excluding hydrogens is 330 g/mol. The third-order valence-electron chi connectivity index (χ3n) is 5.25. The van der Waals surface area contributed by atoms with Crippen LogP contribution in [0.2, 0.25) is 0 Å². The third kappa shape index (κ3) is 3.77. The van der Waals surface area contributed by atoms with E-state index in [2.05, 4.69) is 30.7 Å². The number of unbranched alkanes of at least 4 members (excludes halogenated alkanes) is 1. The first-order valence-corrected chi connectivity index (χ1v) is 9.99. The standard InChI is InChI=1S/C19H31N5O2/c1-4-6-11-24-17-16(18(25)21-19(24)26)23(9-5-2)15(20-17)13-22-10-7-8-14(3)12-22/h14H,4-13H2,1-3H3,(H,21,25,26)/t14-/m1/s1. The fourth-order valence-corrected chi connectivity index (χ4v) is 3.96. The molecule has 0 aliphatic carbocycles. The van der Waals surface area contributed by atoms with Gasteiger partial charge in [0.1, 0.15) is 5.82 Å². The van der Waals surface area contributed by atoms with Gasteiger partial charge in [0.15, 0.2) is 11.2 Å². The second kappa shape index (κ2) is 8.20. The molecular formula is C19H31N5O2. The lowest BCUT2D eigenvalue weighted by molar-refractivity contribution is 0.171. The van der Waals surface area contributed by atoms with Gasteiger partial charge in [-0.25, -0.2) is 9.78 Å². The number of piperidine rings is 1. The van der Waals surface area contributed by atoms with Crippen LogP contribution >= 0.6 is 0 Å². The predicted molar refractivity (Wildman–Crippen MR) is 103 cm³/mol. The number of H-pyrrole nitrogens is 1. The van der Waals surface area contributed by atoms with Crippen molar-refractivity contribution in [3.63, 3.8) is 0 Å². The second-order valence-electron chi connectivity index (χ2n) is 7.60. The van der Waals surface area contributed by atoms with E-state index in [0.717, 1.165) is 51.3 Å². The van der Waals surface area contributed by atoms with E-state index in [1.807, 2.05) is 4.57 Å². The van der Waals surface area contributed by atoms with Gasteiger partial charge in [-0.15, -0.1) is 0 Å². The number of aryl methyl sites for hydroxylation is 2. The summed E-state index contributed by atoms with van der Waals surface area (Å²) in [5, 5.41) is 0. The molecule has 1 aliphatic heterocycles. The van der Waals surface area contributed by atoms with Gasteiger partial charge in [-0.2, -0.15) is 0 Å². The number of nitrogens with zero attached hydrogens (tertiary/aromatic N) is 4. The van der Waals surface area contributed by atoms with Crippen LogP contribution in [0.15, 0.2) is 9.59 Å². The van der Waals surface area contributed by atoms with Gasteiger partial charge in [-0.1, -0.05) is 27.2 Å². The Morgan fingerprint density at radius 1 is 1.15 bits per heavy atom. The van der Waals surface area contributed by atoms with E-state index in [4.69, 9.17) is 4.98 Å². The normalized spacial score (nSPS) is 18.7. The summed E-state index contributed by atoms with van der Waals surface area (Å²) in [6, 6.07) is 0. The van der Waals surface area contributed by atoms with Crippen LogP contribution in [0.3, 0.4) is 0 Å². The number of fused-ring (bicyclic) bond motifs is 1. The topological polar surface area (TPSA) is 75.9 Å². The molecule has 7 heteroatoms. The first-order valence-electron chi connectivity index (χ1n) is 9.99. The highest BCUT2D eigenvalue weighted by Crippen LogP contribution is 2.20. The number of nitrogens with one attached hydrogen (secondary N) is 1. The van der Waals surface area contributed by atoms with Crippen LogP contribution in [-0.4, -0.2) is 37.1 Å². The summed E-state index contributed by atoms with van der Waals surface area (Å²) in [7, 11) is 0. The summed E-state index contributed by atoms with van der Waals surface area (Å²) in [6.45, 7) is 10.7. The van der Waals surface area contributed by atoms with Crippen molar-refractivity contribution < 1.29 is 0 Å². The monoisotopic (exact) mass is 361 g/mol. The highest BCUT2D eigenvalue weighted by atomic mass is 16.2. The van der Waals surface area contributed by atoms with Crippen LogP contribution in [0.25, 0.3) is 11.2 Å². The zero-order valence-corrected chi connectivity index (χ0v) is 16.3. The maximum absolute atomic E-state index is 12.5. The van der Waals surface area contributed by atoms with Crippen LogP contribution in [0, 0.1) is 5.92 Å². The average Bonchev–Trinajstić information content (AvgIpc) is 2.94. The second-order valence-corrected chi connectivity index (χ2v) is 7.60. The molecule has 0 radical (unpaired) electrons. The molecule has 0 bridgehead atoms. The molecule has 3 rings (SSSR count). The molecule has 26 heavy (non-hydrogen) atoms. The Balaban J connectivity index is 2.07. The molecule has 1 fully saturated rings. The fourth-order valence-electron chi connectivity index (χ4n) is 3.96. The van der Waals surface area contributed by atoms with Gasteiger partial charge in [-0.3, -0.25) is 19.2 Å². The summed E-state index contributed by atoms with van der Waals surface area (Å²) in [6.07, 6.45) is 5.28. The van der Waals surface area contributed by atoms with Crippen LogP contribution in [0.4, 0.5) is 0 Å². The van der Waals surface area contributed by atoms with Gasteiger partial charge in [0.25, 0.3) is 5.56 Å². The van der Waals surface area contributed by atoms with E-state index >= 15 is 0 Å². The minimum absolute atomic E-state index is 0.322. The molecule has 2 aromatic heterocycles. The van der Waals surface area contributed by atoms with E-state index in [-0.39, 0.29) is 11.2 Å². The van der Waals surface area contributed by atoms with Crippen LogP contribution in [0.5, 0.6) is 0 Å². The SMILES string of the molecule is CCCCn1c(=O)[nH]c(=O)c2c1nc(CN1CCC[C@@H](C)C1)n2CCC. The lowest BCUT2D eigenvalue weighted by Crippen LogP contribution is -2.34. The quantitative estimate of drug-likeness (QED) is 0.821. The number of rotatable bonds is 7. The van der Waals surface area contributed by atoms with Crippen molar-refractivity contribution in [3.8, 4) is 0 Å².